The van der Waals surface area contributed by atoms with Gasteiger partial charge in [0.1, 0.15) is 19.8 Å². The number of hydrogen-bond acceptors (Lipinski definition) is 8. The van der Waals surface area contributed by atoms with Crippen LogP contribution in [0.5, 0.6) is 11.5 Å². The van der Waals surface area contributed by atoms with Crippen molar-refractivity contribution in [2.24, 2.45) is 4.99 Å². The highest BCUT2D eigenvalue weighted by molar-refractivity contribution is 7.89. The number of rotatable bonds is 8. The highest BCUT2D eigenvalue weighted by atomic mass is 32.2. The number of sulfonamides is 1. The lowest BCUT2D eigenvalue weighted by Crippen LogP contribution is -2.36. The first-order valence-electron chi connectivity index (χ1n) is 12.9. The number of ether oxygens (including phenoxy) is 3. The molecule has 0 bridgehead atoms. The number of hydrogen-bond donors (Lipinski definition) is 0. The molecule has 10 nitrogen and oxygen atoms in total. The molecule has 0 aliphatic carbocycles. The summed E-state index contributed by atoms with van der Waals surface area (Å²) in [6, 6.07) is 18.3. The molecule has 0 spiro atoms. The number of nitrogens with zero attached hydrogens (tertiary/aromatic N) is 3. The molecule has 0 unspecified atom stereocenters. The van der Waals surface area contributed by atoms with E-state index in [1.165, 1.54) is 47.0 Å². The van der Waals surface area contributed by atoms with E-state index in [4.69, 9.17) is 14.2 Å². The zero-order valence-electron chi connectivity index (χ0n) is 22.8. The molecule has 1 aromatic heterocycles. The van der Waals surface area contributed by atoms with Gasteiger partial charge in [0, 0.05) is 30.3 Å². The lowest BCUT2D eigenvalue weighted by molar-refractivity contribution is -0.141. The van der Waals surface area contributed by atoms with E-state index in [0.29, 0.717) is 30.2 Å². The number of carbonyl (C=O) groups excluding carboxylic acids is 2. The molecule has 3 aromatic carbocycles. The number of fused-ring (bicyclic) bond motifs is 2. The molecular formula is C29H29N3O7S2. The summed E-state index contributed by atoms with van der Waals surface area (Å²) in [5.74, 6) is 0.0276. The summed E-state index contributed by atoms with van der Waals surface area (Å²) in [4.78, 5) is 30.0. The number of esters is 1. The number of methoxy groups -OCH3 is 1. The molecule has 4 aromatic rings. The minimum Gasteiger partial charge on any atom is -0.486 e. The summed E-state index contributed by atoms with van der Waals surface area (Å²) in [5.41, 5.74) is 1.72. The smallest absolute Gasteiger partial charge is 0.325 e. The average Bonchev–Trinajstić information content (AvgIpc) is 3.29. The van der Waals surface area contributed by atoms with Crippen molar-refractivity contribution < 1.29 is 32.2 Å². The average molecular weight is 596 g/mol. The molecule has 1 amide bonds. The van der Waals surface area contributed by atoms with E-state index in [-0.39, 0.29) is 34.4 Å². The van der Waals surface area contributed by atoms with Crippen molar-refractivity contribution in [3.63, 3.8) is 0 Å². The first-order valence-corrected chi connectivity index (χ1v) is 15.2. The Bertz CT molecular complexity index is 1760. The van der Waals surface area contributed by atoms with E-state index < -0.39 is 21.9 Å². The van der Waals surface area contributed by atoms with Gasteiger partial charge in [-0.25, -0.2) is 8.42 Å². The van der Waals surface area contributed by atoms with Gasteiger partial charge in [-0.05, 0) is 43.7 Å². The Morgan fingerprint density at radius 3 is 2.32 bits per heavy atom. The van der Waals surface area contributed by atoms with E-state index >= 15 is 0 Å². The van der Waals surface area contributed by atoms with Crippen LogP contribution in [0.4, 0.5) is 0 Å². The van der Waals surface area contributed by atoms with Crippen LogP contribution in [0.25, 0.3) is 10.2 Å². The summed E-state index contributed by atoms with van der Waals surface area (Å²) in [6.07, 6.45) is 0. The molecule has 41 heavy (non-hydrogen) atoms. The van der Waals surface area contributed by atoms with Gasteiger partial charge >= 0.3 is 5.97 Å². The van der Waals surface area contributed by atoms with Crippen molar-refractivity contribution in [2.75, 3.05) is 20.3 Å². The third-order valence-electron chi connectivity index (χ3n) is 6.52. The van der Waals surface area contributed by atoms with Crippen LogP contribution < -0.4 is 14.3 Å². The second-order valence-corrected chi connectivity index (χ2v) is 12.5. The normalized spacial score (nSPS) is 13.6. The number of thiazole rings is 1. The van der Waals surface area contributed by atoms with E-state index in [0.717, 1.165) is 10.3 Å². The molecule has 0 radical (unpaired) electrons. The third-order valence-corrected chi connectivity index (χ3v) is 9.60. The van der Waals surface area contributed by atoms with Crippen molar-refractivity contribution in [3.05, 3.63) is 82.7 Å². The maximum absolute atomic E-state index is 13.5. The minimum absolute atomic E-state index is 0.0758. The van der Waals surface area contributed by atoms with Crippen LogP contribution in [0, 0.1) is 0 Å². The highest BCUT2D eigenvalue weighted by Crippen LogP contribution is 2.35. The molecule has 0 N–H and O–H groups in total. The predicted molar refractivity (Wildman–Crippen MR) is 153 cm³/mol. The SMILES string of the molecule is COC(=O)Cn1c(=NC(=O)c2ccc(S(=O)(=O)N(Cc3ccccc3)C(C)C)cc2)sc2cc3c(cc21)OCCO3. The maximum Gasteiger partial charge on any atom is 0.325 e. The summed E-state index contributed by atoms with van der Waals surface area (Å²) >= 11 is 1.22. The Morgan fingerprint density at radius 1 is 1.02 bits per heavy atom. The van der Waals surface area contributed by atoms with Crippen LogP contribution in [0.3, 0.4) is 0 Å². The molecule has 1 aliphatic heterocycles. The Morgan fingerprint density at radius 2 is 1.68 bits per heavy atom. The van der Waals surface area contributed by atoms with E-state index in [1.807, 2.05) is 44.2 Å². The van der Waals surface area contributed by atoms with E-state index in [1.54, 1.807) is 16.7 Å². The number of benzene rings is 3. The summed E-state index contributed by atoms with van der Waals surface area (Å²) in [6.45, 7) is 4.53. The largest absolute Gasteiger partial charge is 0.486 e. The Hall–Kier alpha value is -4.00. The first-order chi connectivity index (χ1) is 19.7. The molecular weight excluding hydrogens is 566 g/mol. The molecule has 1 aliphatic rings. The highest BCUT2D eigenvalue weighted by Gasteiger charge is 2.27. The Kier molecular flexibility index (Phi) is 8.25. The second kappa shape index (κ2) is 11.9. The van der Waals surface area contributed by atoms with Crippen molar-refractivity contribution >= 4 is 43.5 Å². The van der Waals surface area contributed by atoms with Crippen LogP contribution in [0.1, 0.15) is 29.8 Å². The van der Waals surface area contributed by atoms with Crippen LogP contribution in [-0.2, 0) is 32.6 Å². The van der Waals surface area contributed by atoms with Crippen LogP contribution in [0.15, 0.2) is 76.6 Å². The van der Waals surface area contributed by atoms with Gasteiger partial charge in [-0.15, -0.1) is 0 Å². The number of aromatic nitrogens is 1. The Balaban J connectivity index is 1.47. The lowest BCUT2D eigenvalue weighted by Gasteiger charge is -2.26. The predicted octanol–water partition coefficient (Wildman–Crippen LogP) is 3.99. The van der Waals surface area contributed by atoms with Gasteiger partial charge in [-0.2, -0.15) is 9.30 Å². The molecule has 0 fully saturated rings. The van der Waals surface area contributed by atoms with Crippen LogP contribution in [-0.4, -0.2) is 55.5 Å². The van der Waals surface area contributed by atoms with Crippen molar-refractivity contribution in [2.45, 2.75) is 37.9 Å². The molecule has 0 saturated carbocycles. The number of amides is 1. The fourth-order valence-electron chi connectivity index (χ4n) is 4.40. The maximum atomic E-state index is 13.5. The third kappa shape index (κ3) is 6.04. The van der Waals surface area contributed by atoms with Gasteiger partial charge < -0.3 is 18.8 Å². The molecule has 12 heteroatoms. The van der Waals surface area contributed by atoms with Gasteiger partial charge in [-0.1, -0.05) is 41.7 Å². The van der Waals surface area contributed by atoms with E-state index in [9.17, 15) is 18.0 Å². The molecule has 5 rings (SSSR count). The van der Waals surface area contributed by atoms with Crippen molar-refractivity contribution in [1.29, 1.82) is 0 Å². The first kappa shape index (κ1) is 28.5. The zero-order chi connectivity index (χ0) is 29.1. The fourth-order valence-corrected chi connectivity index (χ4v) is 7.07. The summed E-state index contributed by atoms with van der Waals surface area (Å²) in [7, 11) is -2.55. The van der Waals surface area contributed by atoms with Gasteiger partial charge in [0.15, 0.2) is 16.3 Å². The topological polar surface area (TPSA) is 117 Å². The summed E-state index contributed by atoms with van der Waals surface area (Å²) in [5, 5.41) is 0. The van der Waals surface area contributed by atoms with Gasteiger partial charge in [0.05, 0.1) is 22.2 Å². The molecule has 214 valence electrons. The van der Waals surface area contributed by atoms with Crippen molar-refractivity contribution in [1.82, 2.24) is 8.87 Å². The van der Waals surface area contributed by atoms with E-state index in [2.05, 4.69) is 4.99 Å². The van der Waals surface area contributed by atoms with Gasteiger partial charge in [0.2, 0.25) is 10.0 Å². The standard InChI is InChI=1S/C29H29N3O7S2/c1-19(2)32(17-20-7-5-4-6-8-20)41(35,36)22-11-9-21(10-12-22)28(34)30-29-31(18-27(33)37-3)23-15-24-25(16-26(23)40-29)39-14-13-38-24/h4-12,15-16,19H,13-14,17-18H2,1-3H3. The van der Waals surface area contributed by atoms with Gasteiger partial charge in [-0.3, -0.25) is 9.59 Å². The quantitative estimate of drug-likeness (QED) is 0.283. The van der Waals surface area contributed by atoms with Crippen LogP contribution in [0.2, 0.25) is 0 Å². The monoisotopic (exact) mass is 595 g/mol. The van der Waals surface area contributed by atoms with Gasteiger partial charge in [0.25, 0.3) is 5.91 Å². The Labute approximate surface area is 241 Å². The number of carbonyl (C=O) groups is 2. The molecule has 2 heterocycles. The molecule has 0 saturated heterocycles. The van der Waals surface area contributed by atoms with Crippen LogP contribution >= 0.6 is 11.3 Å². The summed E-state index contributed by atoms with van der Waals surface area (Å²) < 4.78 is 46.9. The molecule has 0 atom stereocenters. The second-order valence-electron chi connectivity index (χ2n) is 9.58. The fraction of sp³-hybridized carbons (Fsp3) is 0.276. The minimum atomic E-state index is -3.83. The lowest BCUT2D eigenvalue weighted by atomic mass is 10.2. The van der Waals surface area contributed by atoms with Crippen molar-refractivity contribution in [3.8, 4) is 11.5 Å². The zero-order valence-corrected chi connectivity index (χ0v) is 24.4.